The normalized spacial score (nSPS) is 12.3. The summed E-state index contributed by atoms with van der Waals surface area (Å²) in [5, 5.41) is 21.4. The van der Waals surface area contributed by atoms with Gasteiger partial charge in [0, 0.05) is 6.54 Å². The monoisotopic (exact) mass is 148 g/mol. The minimum Gasteiger partial charge on any atom is -0.392 e. The van der Waals surface area contributed by atoms with Gasteiger partial charge in [0.15, 0.2) is 6.23 Å². The first-order chi connectivity index (χ1) is 4.70. The van der Waals surface area contributed by atoms with Crippen molar-refractivity contribution >= 4 is 6.03 Å². The van der Waals surface area contributed by atoms with Gasteiger partial charge in [-0.25, -0.2) is 4.79 Å². The second-order valence-corrected chi connectivity index (χ2v) is 1.70. The van der Waals surface area contributed by atoms with Gasteiger partial charge in [0.25, 0.3) is 0 Å². The van der Waals surface area contributed by atoms with E-state index < -0.39 is 18.9 Å². The summed E-state index contributed by atoms with van der Waals surface area (Å²) in [5.74, 6) is 0. The Morgan fingerprint density at radius 2 is 2.30 bits per heavy atom. The number of hydrogen-bond acceptors (Lipinski definition) is 3. The molecular weight excluding hydrogens is 136 g/mol. The lowest BCUT2D eigenvalue weighted by Crippen LogP contribution is -2.43. The first kappa shape index (κ1) is 9.19. The summed E-state index contributed by atoms with van der Waals surface area (Å²) in [7, 11) is 0. The highest BCUT2D eigenvalue weighted by atomic mass is 16.3. The van der Waals surface area contributed by atoms with E-state index in [2.05, 4.69) is 10.6 Å². The number of aliphatic hydroxyl groups excluding tert-OH is 2. The van der Waals surface area contributed by atoms with Gasteiger partial charge in [-0.15, -0.1) is 0 Å². The largest absolute Gasteiger partial charge is 0.392 e. The van der Waals surface area contributed by atoms with E-state index in [1.54, 1.807) is 6.92 Å². The van der Waals surface area contributed by atoms with Crippen LogP contribution in [0, 0.1) is 0 Å². The Kier molecular flexibility index (Phi) is 4.61. The number of carbonyl (C=O) groups excluding carboxylic acids is 1. The van der Waals surface area contributed by atoms with Crippen LogP contribution in [0.2, 0.25) is 0 Å². The van der Waals surface area contributed by atoms with Crippen LogP contribution >= 0.6 is 0 Å². The van der Waals surface area contributed by atoms with Crippen molar-refractivity contribution in [1.29, 1.82) is 0 Å². The van der Waals surface area contributed by atoms with Crippen LogP contribution in [0.25, 0.3) is 0 Å². The summed E-state index contributed by atoms with van der Waals surface area (Å²) in [6.07, 6.45) is -1.17. The standard InChI is InChI=1S/C5H12N2O3/c1-2-6-5(10)7-4(9)3-8/h4,8-9H,2-3H2,1H3,(H2,6,7,10). The van der Waals surface area contributed by atoms with E-state index in [0.29, 0.717) is 6.54 Å². The molecule has 0 rings (SSSR count). The lowest BCUT2D eigenvalue weighted by atomic mass is 10.6. The number of rotatable bonds is 3. The highest BCUT2D eigenvalue weighted by molar-refractivity contribution is 5.73. The molecule has 0 aromatic carbocycles. The molecule has 5 heteroatoms. The van der Waals surface area contributed by atoms with Gasteiger partial charge in [-0.2, -0.15) is 0 Å². The molecule has 10 heavy (non-hydrogen) atoms. The van der Waals surface area contributed by atoms with Crippen molar-refractivity contribution in [2.24, 2.45) is 0 Å². The van der Waals surface area contributed by atoms with E-state index in [-0.39, 0.29) is 0 Å². The van der Waals surface area contributed by atoms with Gasteiger partial charge in [0.05, 0.1) is 6.61 Å². The molecule has 60 valence electrons. The van der Waals surface area contributed by atoms with E-state index >= 15 is 0 Å². The molecular formula is C5H12N2O3. The van der Waals surface area contributed by atoms with Crippen LogP contribution < -0.4 is 10.6 Å². The molecule has 0 aliphatic rings. The molecule has 0 aromatic heterocycles. The van der Waals surface area contributed by atoms with E-state index in [0.717, 1.165) is 0 Å². The van der Waals surface area contributed by atoms with E-state index in [1.807, 2.05) is 0 Å². The van der Waals surface area contributed by atoms with Crippen LogP contribution in [0.5, 0.6) is 0 Å². The zero-order valence-electron chi connectivity index (χ0n) is 5.79. The fourth-order valence-electron chi connectivity index (χ4n) is 0.409. The van der Waals surface area contributed by atoms with Gasteiger partial charge < -0.3 is 20.8 Å². The third-order valence-corrected chi connectivity index (χ3v) is 0.808. The summed E-state index contributed by atoms with van der Waals surface area (Å²) < 4.78 is 0. The molecule has 0 aliphatic heterocycles. The first-order valence-corrected chi connectivity index (χ1v) is 3.04. The zero-order valence-corrected chi connectivity index (χ0v) is 5.79. The zero-order chi connectivity index (χ0) is 7.98. The Morgan fingerprint density at radius 3 is 2.70 bits per heavy atom. The maximum absolute atomic E-state index is 10.5. The molecule has 4 N–H and O–H groups in total. The molecule has 0 heterocycles. The van der Waals surface area contributed by atoms with Crippen molar-refractivity contribution < 1.29 is 15.0 Å². The number of hydrogen-bond donors (Lipinski definition) is 4. The number of amides is 2. The summed E-state index contributed by atoms with van der Waals surface area (Å²) in [6, 6.07) is -0.482. The number of nitrogens with one attached hydrogen (secondary N) is 2. The lowest BCUT2D eigenvalue weighted by molar-refractivity contribution is 0.0754. The van der Waals surface area contributed by atoms with Crippen molar-refractivity contribution in [2.75, 3.05) is 13.2 Å². The maximum atomic E-state index is 10.5. The van der Waals surface area contributed by atoms with Crippen LogP contribution in [0.3, 0.4) is 0 Å². The first-order valence-electron chi connectivity index (χ1n) is 3.04. The number of aliphatic hydroxyl groups is 2. The molecule has 0 aliphatic carbocycles. The van der Waals surface area contributed by atoms with Crippen molar-refractivity contribution in [2.45, 2.75) is 13.2 Å². The van der Waals surface area contributed by atoms with Crippen molar-refractivity contribution in [1.82, 2.24) is 10.6 Å². The molecule has 0 saturated carbocycles. The van der Waals surface area contributed by atoms with Gasteiger partial charge in [-0.1, -0.05) is 0 Å². The second kappa shape index (κ2) is 5.01. The van der Waals surface area contributed by atoms with Gasteiger partial charge in [-0.3, -0.25) is 0 Å². The molecule has 0 fully saturated rings. The van der Waals surface area contributed by atoms with Crippen LogP contribution in [-0.2, 0) is 0 Å². The summed E-state index contributed by atoms with van der Waals surface area (Å²) >= 11 is 0. The highest BCUT2D eigenvalue weighted by Gasteiger charge is 2.03. The molecule has 5 nitrogen and oxygen atoms in total. The Labute approximate surface area is 59.0 Å². The predicted molar refractivity (Wildman–Crippen MR) is 35.3 cm³/mol. The Morgan fingerprint density at radius 1 is 1.70 bits per heavy atom. The smallest absolute Gasteiger partial charge is 0.316 e. The summed E-state index contributed by atoms with van der Waals surface area (Å²) in [5.41, 5.74) is 0. The predicted octanol–water partition coefficient (Wildman–Crippen LogP) is -1.38. The highest BCUT2D eigenvalue weighted by Crippen LogP contribution is 1.72. The van der Waals surface area contributed by atoms with Crippen molar-refractivity contribution in [3.8, 4) is 0 Å². The van der Waals surface area contributed by atoms with Gasteiger partial charge >= 0.3 is 6.03 Å². The van der Waals surface area contributed by atoms with Crippen molar-refractivity contribution in [3.05, 3.63) is 0 Å². The molecule has 0 aromatic rings. The molecule has 0 saturated heterocycles. The molecule has 1 unspecified atom stereocenters. The average Bonchev–Trinajstić information content (AvgIpc) is 1.88. The van der Waals surface area contributed by atoms with Gasteiger partial charge in [0.2, 0.25) is 0 Å². The minimum absolute atomic E-state index is 0.475. The third-order valence-electron chi connectivity index (χ3n) is 0.808. The van der Waals surface area contributed by atoms with Crippen LogP contribution in [0.1, 0.15) is 6.92 Å². The minimum atomic E-state index is -1.17. The number of carbonyl (C=O) groups is 1. The Hall–Kier alpha value is -0.810. The average molecular weight is 148 g/mol. The molecule has 0 radical (unpaired) electrons. The van der Waals surface area contributed by atoms with Crippen molar-refractivity contribution in [3.63, 3.8) is 0 Å². The molecule has 1 atom stereocenters. The maximum Gasteiger partial charge on any atom is 0.316 e. The topological polar surface area (TPSA) is 81.6 Å². The molecule has 2 amide bonds. The molecule has 0 spiro atoms. The number of urea groups is 1. The van der Waals surface area contributed by atoms with E-state index in [1.165, 1.54) is 0 Å². The van der Waals surface area contributed by atoms with E-state index in [9.17, 15) is 4.79 Å². The summed E-state index contributed by atoms with van der Waals surface area (Å²) in [4.78, 5) is 10.5. The fraction of sp³-hybridized carbons (Fsp3) is 0.800. The lowest BCUT2D eigenvalue weighted by Gasteiger charge is -2.09. The third kappa shape index (κ3) is 4.11. The Balaban J connectivity index is 3.37. The van der Waals surface area contributed by atoms with E-state index in [4.69, 9.17) is 10.2 Å². The van der Waals surface area contributed by atoms with Crippen LogP contribution in [0.4, 0.5) is 4.79 Å². The summed E-state index contributed by atoms with van der Waals surface area (Å²) in [6.45, 7) is 1.77. The fourth-order valence-corrected chi connectivity index (χ4v) is 0.409. The van der Waals surface area contributed by atoms with Gasteiger partial charge in [0.1, 0.15) is 0 Å². The SMILES string of the molecule is CCNC(=O)NC(O)CO. The molecule has 0 bridgehead atoms. The van der Waals surface area contributed by atoms with Gasteiger partial charge in [-0.05, 0) is 6.92 Å². The van der Waals surface area contributed by atoms with Crippen LogP contribution in [-0.4, -0.2) is 35.6 Å². The quantitative estimate of drug-likeness (QED) is 0.372. The Bertz CT molecular complexity index is 107. The second-order valence-electron chi connectivity index (χ2n) is 1.70. The van der Waals surface area contributed by atoms with Crippen LogP contribution in [0.15, 0.2) is 0 Å².